The van der Waals surface area contributed by atoms with E-state index in [4.69, 9.17) is 9.97 Å². The molecule has 2 aromatic heterocycles. The van der Waals surface area contributed by atoms with E-state index in [0.29, 0.717) is 0 Å². The predicted octanol–water partition coefficient (Wildman–Crippen LogP) is 8.44. The summed E-state index contributed by atoms with van der Waals surface area (Å²) in [6.07, 6.45) is 4.52. The molecule has 0 N–H and O–H groups in total. The first kappa shape index (κ1) is 26.2. The van der Waals surface area contributed by atoms with Crippen molar-refractivity contribution in [2.24, 2.45) is 0 Å². The molecule has 0 saturated heterocycles. The molecule has 6 aromatic rings. The Labute approximate surface area is 259 Å². The van der Waals surface area contributed by atoms with Crippen LogP contribution in [0.3, 0.4) is 0 Å². The van der Waals surface area contributed by atoms with Crippen LogP contribution < -0.4 is 19.2 Å². The van der Waals surface area contributed by atoms with Crippen LogP contribution in [0.25, 0.3) is 0 Å². The highest BCUT2D eigenvalue weighted by atomic mass is 15.3. The molecular formula is C36H30B2N6. The molecule has 4 aromatic carbocycles. The number of pyridine rings is 2. The average Bonchev–Trinajstić information content (AvgIpc) is 3.57. The summed E-state index contributed by atoms with van der Waals surface area (Å²) < 4.78 is 0. The maximum absolute atomic E-state index is 4.76. The third-order valence-electron chi connectivity index (χ3n) is 8.58. The lowest BCUT2D eigenvalue weighted by Gasteiger charge is -2.30. The van der Waals surface area contributed by atoms with E-state index in [9.17, 15) is 0 Å². The molecule has 0 spiro atoms. The van der Waals surface area contributed by atoms with E-state index < -0.39 is 0 Å². The molecule has 8 heteroatoms. The minimum Gasteiger partial charge on any atom is -0.364 e. The van der Waals surface area contributed by atoms with Crippen molar-refractivity contribution in [3.8, 4) is 0 Å². The van der Waals surface area contributed by atoms with Gasteiger partial charge in [-0.2, -0.15) is 0 Å². The standard InChI is InChI=1S/C36H30B2N6/c1-37-43(35-20-10-12-24-39-35)33-23-22-28(26-34(33)44(37)36-21-11-13-25-40-36)27-38-41(29-14-4-2-5-15-29)31-18-8-9-19-32(31)42(38)30-16-6-3-7-17-30/h2-26H,27H2,1H3. The quantitative estimate of drug-likeness (QED) is 0.188. The van der Waals surface area contributed by atoms with E-state index in [1.54, 1.807) is 0 Å². The van der Waals surface area contributed by atoms with Gasteiger partial charge in [-0.3, -0.25) is 0 Å². The van der Waals surface area contributed by atoms with Crippen molar-refractivity contribution in [2.75, 3.05) is 19.2 Å². The van der Waals surface area contributed by atoms with Crippen molar-refractivity contribution in [1.82, 2.24) is 9.97 Å². The van der Waals surface area contributed by atoms with Crippen LogP contribution in [-0.2, 0) is 6.32 Å². The molecule has 0 aliphatic carbocycles. The number of nitrogens with zero attached hydrogens (tertiary/aromatic N) is 6. The molecule has 0 saturated carbocycles. The highest BCUT2D eigenvalue weighted by Gasteiger charge is 2.43. The summed E-state index contributed by atoms with van der Waals surface area (Å²) in [5, 5.41) is 0. The van der Waals surface area contributed by atoms with Crippen molar-refractivity contribution in [2.45, 2.75) is 13.1 Å². The summed E-state index contributed by atoms with van der Waals surface area (Å²) in [6, 6.07) is 49.2. The second kappa shape index (κ2) is 11.0. The van der Waals surface area contributed by atoms with E-state index in [0.717, 1.165) is 29.3 Å². The molecule has 0 unspecified atom stereocenters. The summed E-state index contributed by atoms with van der Waals surface area (Å²) in [5.41, 5.74) is 8.27. The monoisotopic (exact) mass is 568 g/mol. The maximum atomic E-state index is 4.76. The number of hydrogen-bond acceptors (Lipinski definition) is 6. The fraction of sp³-hybridized carbons (Fsp3) is 0.0556. The van der Waals surface area contributed by atoms with E-state index in [1.807, 2.05) is 36.7 Å². The van der Waals surface area contributed by atoms with Gasteiger partial charge in [0, 0.05) is 23.8 Å². The van der Waals surface area contributed by atoms with Crippen LogP contribution in [0.1, 0.15) is 5.56 Å². The Balaban J connectivity index is 1.25. The Morgan fingerprint density at radius 2 is 0.955 bits per heavy atom. The molecule has 6 nitrogen and oxygen atoms in total. The van der Waals surface area contributed by atoms with Crippen LogP contribution in [0.5, 0.6) is 0 Å². The zero-order valence-corrected chi connectivity index (χ0v) is 24.5. The lowest BCUT2D eigenvalue weighted by atomic mass is 9.66. The van der Waals surface area contributed by atoms with Gasteiger partial charge in [0.2, 0.25) is 0 Å². The van der Waals surface area contributed by atoms with Crippen molar-refractivity contribution < 1.29 is 0 Å². The van der Waals surface area contributed by atoms with Gasteiger partial charge in [-0.1, -0.05) is 66.7 Å². The van der Waals surface area contributed by atoms with Gasteiger partial charge < -0.3 is 19.2 Å². The third-order valence-corrected chi connectivity index (χ3v) is 8.58. The second-order valence-electron chi connectivity index (χ2n) is 11.2. The minimum absolute atomic E-state index is 0.00224. The van der Waals surface area contributed by atoms with Crippen LogP contribution in [0.2, 0.25) is 6.82 Å². The number of anilines is 8. The summed E-state index contributed by atoms with van der Waals surface area (Å²) in [6.45, 7) is 2.25. The topological polar surface area (TPSA) is 38.7 Å². The molecule has 210 valence electrons. The van der Waals surface area contributed by atoms with Gasteiger partial charge in [-0.05, 0) is 91.5 Å². The summed E-state index contributed by atoms with van der Waals surface area (Å²) in [4.78, 5) is 19.1. The predicted molar refractivity (Wildman–Crippen MR) is 184 cm³/mol. The molecule has 0 bridgehead atoms. The second-order valence-corrected chi connectivity index (χ2v) is 11.2. The van der Waals surface area contributed by atoms with Crippen molar-refractivity contribution in [3.05, 3.63) is 157 Å². The first-order chi connectivity index (χ1) is 21.8. The van der Waals surface area contributed by atoms with Crippen LogP contribution in [0, 0.1) is 0 Å². The minimum atomic E-state index is 0.00224. The zero-order chi connectivity index (χ0) is 29.5. The average molecular weight is 568 g/mol. The summed E-state index contributed by atoms with van der Waals surface area (Å²) in [5.74, 6) is 1.84. The molecule has 4 heterocycles. The largest absolute Gasteiger partial charge is 0.389 e. The lowest BCUT2D eigenvalue weighted by Crippen LogP contribution is -2.45. The number of para-hydroxylation sites is 4. The fourth-order valence-corrected chi connectivity index (χ4v) is 6.73. The van der Waals surface area contributed by atoms with E-state index in [1.165, 1.54) is 28.3 Å². The van der Waals surface area contributed by atoms with Crippen LogP contribution in [-0.4, -0.2) is 23.9 Å². The van der Waals surface area contributed by atoms with Gasteiger partial charge in [-0.15, -0.1) is 0 Å². The van der Waals surface area contributed by atoms with Gasteiger partial charge in [-0.25, -0.2) is 9.97 Å². The summed E-state index contributed by atoms with van der Waals surface area (Å²) in [7, 11) is 0. The lowest BCUT2D eigenvalue weighted by molar-refractivity contribution is 1.22. The normalized spacial score (nSPS) is 13.8. The Bertz CT molecular complexity index is 1830. The molecule has 0 amide bonds. The third kappa shape index (κ3) is 4.38. The Hall–Kier alpha value is -5.49. The SMILES string of the molecule is CB1N(c2ccccn2)c2ccc(CB3N(c4ccccc4)c4ccccc4N3c3ccccc3)cc2N1c1ccccn1. The zero-order valence-electron chi connectivity index (χ0n) is 24.5. The molecule has 2 aliphatic rings. The van der Waals surface area contributed by atoms with Crippen LogP contribution in [0.15, 0.2) is 152 Å². The fourth-order valence-electron chi connectivity index (χ4n) is 6.73. The van der Waals surface area contributed by atoms with Crippen molar-refractivity contribution >= 4 is 59.7 Å². The number of rotatable bonds is 6. The molecule has 0 fully saturated rings. The molecule has 0 atom stereocenters. The molecule has 44 heavy (non-hydrogen) atoms. The molecule has 8 rings (SSSR count). The number of hydrogen-bond donors (Lipinski definition) is 0. The van der Waals surface area contributed by atoms with Gasteiger partial charge in [0.15, 0.2) is 0 Å². The Morgan fingerprint density at radius 3 is 1.48 bits per heavy atom. The number of fused-ring (bicyclic) bond motifs is 2. The van der Waals surface area contributed by atoms with Gasteiger partial charge in [0.25, 0.3) is 0 Å². The Kier molecular flexibility index (Phi) is 6.52. The first-order valence-electron chi connectivity index (χ1n) is 15.1. The summed E-state index contributed by atoms with van der Waals surface area (Å²) >= 11 is 0. The van der Waals surface area contributed by atoms with E-state index in [-0.39, 0.29) is 14.0 Å². The van der Waals surface area contributed by atoms with Gasteiger partial charge in [0.05, 0.1) is 22.7 Å². The van der Waals surface area contributed by atoms with Crippen molar-refractivity contribution in [3.63, 3.8) is 0 Å². The van der Waals surface area contributed by atoms with E-state index >= 15 is 0 Å². The smallest absolute Gasteiger partial charge is 0.364 e. The molecular weight excluding hydrogens is 538 g/mol. The maximum Gasteiger partial charge on any atom is 0.389 e. The molecule has 2 aliphatic heterocycles. The molecule has 0 radical (unpaired) electrons. The number of benzene rings is 4. The van der Waals surface area contributed by atoms with Gasteiger partial charge in [0.1, 0.15) is 11.6 Å². The van der Waals surface area contributed by atoms with Crippen molar-refractivity contribution in [1.29, 1.82) is 0 Å². The Morgan fingerprint density at radius 1 is 0.477 bits per heavy atom. The van der Waals surface area contributed by atoms with Crippen LogP contribution >= 0.6 is 0 Å². The van der Waals surface area contributed by atoms with Crippen LogP contribution in [0.4, 0.5) is 45.8 Å². The van der Waals surface area contributed by atoms with Gasteiger partial charge >= 0.3 is 14.0 Å². The highest BCUT2D eigenvalue weighted by molar-refractivity contribution is 6.73. The highest BCUT2D eigenvalue weighted by Crippen LogP contribution is 2.48. The van der Waals surface area contributed by atoms with E-state index in [2.05, 4.69) is 141 Å². The first-order valence-corrected chi connectivity index (χ1v) is 15.1. The number of aromatic nitrogens is 2.